The fraction of sp³-hybridized carbons (Fsp3) is 0.154. The Morgan fingerprint density at radius 2 is 1.80 bits per heavy atom. The Hall–Kier alpha value is -3.84. The zero-order chi connectivity index (χ0) is 21.5. The molecule has 4 nitrogen and oxygen atoms in total. The van der Waals surface area contributed by atoms with Gasteiger partial charge in [0.1, 0.15) is 24.0 Å². The molecule has 0 atom stereocenters. The number of aryl methyl sites for hydroxylation is 3. The van der Waals surface area contributed by atoms with Gasteiger partial charge in [-0.1, -0.05) is 48.5 Å². The predicted octanol–water partition coefficient (Wildman–Crippen LogP) is 5.74. The van der Waals surface area contributed by atoms with Gasteiger partial charge < -0.3 is 10.1 Å². The highest BCUT2D eigenvalue weighted by molar-refractivity contribution is 6.09. The lowest BCUT2D eigenvalue weighted by atomic mass is 10.1. The van der Waals surface area contributed by atoms with Crippen molar-refractivity contribution in [1.29, 1.82) is 5.26 Å². The third kappa shape index (κ3) is 5.36. The monoisotopic (exact) mass is 396 g/mol. The van der Waals surface area contributed by atoms with Crippen molar-refractivity contribution in [2.45, 2.75) is 27.4 Å². The van der Waals surface area contributed by atoms with Crippen LogP contribution < -0.4 is 10.1 Å². The lowest BCUT2D eigenvalue weighted by molar-refractivity contribution is -0.112. The molecule has 0 fully saturated rings. The maximum atomic E-state index is 12.6. The number of nitrogens with one attached hydrogen (secondary N) is 1. The lowest BCUT2D eigenvalue weighted by Crippen LogP contribution is -2.13. The van der Waals surface area contributed by atoms with Crippen LogP contribution in [0.25, 0.3) is 6.08 Å². The fourth-order valence-corrected chi connectivity index (χ4v) is 3.01. The number of carbonyl (C=O) groups is 1. The molecule has 0 unspecified atom stereocenters. The van der Waals surface area contributed by atoms with Crippen LogP contribution in [0.2, 0.25) is 0 Å². The third-order valence-electron chi connectivity index (χ3n) is 4.83. The highest BCUT2D eigenvalue weighted by Gasteiger charge is 2.11. The molecule has 0 aliphatic heterocycles. The zero-order valence-electron chi connectivity index (χ0n) is 17.4. The van der Waals surface area contributed by atoms with Gasteiger partial charge in [-0.15, -0.1) is 0 Å². The number of benzene rings is 3. The quantitative estimate of drug-likeness (QED) is 0.427. The van der Waals surface area contributed by atoms with Crippen LogP contribution in [0.3, 0.4) is 0 Å². The number of nitriles is 1. The van der Waals surface area contributed by atoms with Gasteiger partial charge in [0.05, 0.1) is 0 Å². The van der Waals surface area contributed by atoms with E-state index in [1.807, 2.05) is 61.5 Å². The first-order chi connectivity index (χ1) is 14.5. The van der Waals surface area contributed by atoms with Crippen LogP contribution in [0.15, 0.2) is 72.3 Å². The second-order valence-corrected chi connectivity index (χ2v) is 7.24. The van der Waals surface area contributed by atoms with Crippen LogP contribution in [0, 0.1) is 32.1 Å². The van der Waals surface area contributed by atoms with Crippen molar-refractivity contribution in [2.24, 2.45) is 0 Å². The SMILES string of the molecule is Cc1cccc(NC(=O)/C(C#N)=C/c2ccccc2OCc2ccc(C)c(C)c2)c1. The maximum absolute atomic E-state index is 12.6. The molecule has 0 aromatic heterocycles. The van der Waals surface area contributed by atoms with Gasteiger partial charge in [0.25, 0.3) is 5.91 Å². The summed E-state index contributed by atoms with van der Waals surface area (Å²) in [5.41, 5.74) is 5.88. The highest BCUT2D eigenvalue weighted by Crippen LogP contribution is 2.23. The molecule has 3 aromatic carbocycles. The van der Waals surface area contributed by atoms with E-state index in [-0.39, 0.29) is 5.57 Å². The van der Waals surface area contributed by atoms with Gasteiger partial charge in [-0.05, 0) is 67.3 Å². The molecule has 30 heavy (non-hydrogen) atoms. The second-order valence-electron chi connectivity index (χ2n) is 7.24. The average Bonchev–Trinajstić information content (AvgIpc) is 2.73. The topological polar surface area (TPSA) is 62.1 Å². The number of nitrogens with zero attached hydrogens (tertiary/aromatic N) is 1. The van der Waals surface area contributed by atoms with Crippen molar-refractivity contribution in [2.75, 3.05) is 5.32 Å². The summed E-state index contributed by atoms with van der Waals surface area (Å²) in [6.07, 6.45) is 1.56. The summed E-state index contributed by atoms with van der Waals surface area (Å²) in [6.45, 7) is 6.50. The number of para-hydroxylation sites is 1. The summed E-state index contributed by atoms with van der Waals surface area (Å²) in [5, 5.41) is 12.3. The molecule has 1 N–H and O–H groups in total. The van der Waals surface area contributed by atoms with Gasteiger partial charge in [0, 0.05) is 11.3 Å². The van der Waals surface area contributed by atoms with Crippen molar-refractivity contribution in [1.82, 2.24) is 0 Å². The number of hydrogen-bond donors (Lipinski definition) is 1. The highest BCUT2D eigenvalue weighted by atomic mass is 16.5. The Balaban J connectivity index is 1.78. The Bertz CT molecular complexity index is 1140. The Morgan fingerprint density at radius 1 is 1.00 bits per heavy atom. The Kier molecular flexibility index (Phi) is 6.67. The number of hydrogen-bond acceptors (Lipinski definition) is 3. The number of carbonyl (C=O) groups excluding carboxylic acids is 1. The molecule has 0 saturated carbocycles. The van der Waals surface area contributed by atoms with Gasteiger partial charge in [0.2, 0.25) is 0 Å². The number of ether oxygens (including phenoxy) is 1. The van der Waals surface area contributed by atoms with E-state index in [0.717, 1.165) is 11.1 Å². The standard InChI is InChI=1S/C26H24N2O2/c1-18-7-6-9-24(13-18)28-26(29)23(16-27)15-22-8-4-5-10-25(22)30-17-21-12-11-19(2)20(3)14-21/h4-15H,17H2,1-3H3,(H,28,29)/b23-15+. The van der Waals surface area contributed by atoms with E-state index in [1.54, 1.807) is 12.1 Å². The van der Waals surface area contributed by atoms with Crippen LogP contribution in [-0.2, 0) is 11.4 Å². The van der Waals surface area contributed by atoms with Crippen molar-refractivity contribution in [3.63, 3.8) is 0 Å². The number of anilines is 1. The molecule has 1 amide bonds. The summed E-state index contributed by atoms with van der Waals surface area (Å²) in [4.78, 5) is 12.6. The minimum atomic E-state index is -0.452. The van der Waals surface area contributed by atoms with Gasteiger partial charge in [-0.3, -0.25) is 4.79 Å². The molecule has 0 bridgehead atoms. The molecule has 0 saturated heterocycles. The van der Waals surface area contributed by atoms with E-state index in [2.05, 4.69) is 31.3 Å². The van der Waals surface area contributed by atoms with Gasteiger partial charge in [-0.2, -0.15) is 5.26 Å². The molecule has 0 spiro atoms. The Labute approximate surface area is 177 Å². The van der Waals surface area contributed by atoms with Crippen LogP contribution in [0.4, 0.5) is 5.69 Å². The minimum Gasteiger partial charge on any atom is -0.488 e. The summed E-state index contributed by atoms with van der Waals surface area (Å²) < 4.78 is 5.99. The molecule has 3 aromatic rings. The number of amides is 1. The second kappa shape index (κ2) is 9.58. The molecule has 0 radical (unpaired) electrons. The molecule has 0 aliphatic carbocycles. The summed E-state index contributed by atoms with van der Waals surface area (Å²) >= 11 is 0. The lowest BCUT2D eigenvalue weighted by Gasteiger charge is -2.11. The summed E-state index contributed by atoms with van der Waals surface area (Å²) in [5.74, 6) is 0.166. The predicted molar refractivity (Wildman–Crippen MR) is 120 cm³/mol. The maximum Gasteiger partial charge on any atom is 0.266 e. The van der Waals surface area contributed by atoms with Crippen molar-refractivity contribution >= 4 is 17.7 Å². The van der Waals surface area contributed by atoms with Crippen LogP contribution in [0.1, 0.15) is 27.8 Å². The van der Waals surface area contributed by atoms with Crippen molar-refractivity contribution < 1.29 is 9.53 Å². The van der Waals surface area contributed by atoms with E-state index in [1.165, 1.54) is 11.1 Å². The largest absolute Gasteiger partial charge is 0.488 e. The third-order valence-corrected chi connectivity index (χ3v) is 4.83. The summed E-state index contributed by atoms with van der Waals surface area (Å²) in [6, 6.07) is 23.0. The average molecular weight is 396 g/mol. The van der Waals surface area contributed by atoms with E-state index in [4.69, 9.17) is 4.74 Å². The molecule has 0 heterocycles. The smallest absolute Gasteiger partial charge is 0.266 e. The first kappa shape index (κ1) is 20.9. The zero-order valence-corrected chi connectivity index (χ0v) is 17.4. The van der Waals surface area contributed by atoms with Gasteiger partial charge in [0.15, 0.2) is 0 Å². The fourth-order valence-electron chi connectivity index (χ4n) is 3.01. The van der Waals surface area contributed by atoms with Crippen LogP contribution in [-0.4, -0.2) is 5.91 Å². The van der Waals surface area contributed by atoms with Crippen molar-refractivity contribution in [3.05, 3.63) is 100 Å². The van der Waals surface area contributed by atoms with Gasteiger partial charge in [-0.25, -0.2) is 0 Å². The van der Waals surface area contributed by atoms with Crippen LogP contribution >= 0.6 is 0 Å². The molecule has 0 aliphatic rings. The molecule has 3 rings (SSSR count). The number of rotatable bonds is 6. The van der Waals surface area contributed by atoms with Crippen molar-refractivity contribution in [3.8, 4) is 11.8 Å². The molecule has 150 valence electrons. The Morgan fingerprint density at radius 3 is 2.53 bits per heavy atom. The molecular weight excluding hydrogens is 372 g/mol. The van der Waals surface area contributed by atoms with E-state index < -0.39 is 5.91 Å². The van der Waals surface area contributed by atoms with E-state index >= 15 is 0 Å². The van der Waals surface area contributed by atoms with Gasteiger partial charge >= 0.3 is 0 Å². The van der Waals surface area contributed by atoms with Crippen LogP contribution in [0.5, 0.6) is 5.75 Å². The summed E-state index contributed by atoms with van der Waals surface area (Å²) in [7, 11) is 0. The molecular formula is C26H24N2O2. The molecule has 4 heteroatoms. The first-order valence-corrected chi connectivity index (χ1v) is 9.74. The normalized spacial score (nSPS) is 10.9. The minimum absolute atomic E-state index is 0.0127. The van der Waals surface area contributed by atoms with E-state index in [0.29, 0.717) is 23.6 Å². The first-order valence-electron chi connectivity index (χ1n) is 9.74. The van der Waals surface area contributed by atoms with E-state index in [9.17, 15) is 10.1 Å².